The van der Waals surface area contributed by atoms with Crippen LogP contribution in [-0.4, -0.2) is 14.2 Å². The van der Waals surface area contributed by atoms with Crippen molar-refractivity contribution in [2.24, 2.45) is 0 Å². The Balaban J connectivity index is 3.27. The van der Waals surface area contributed by atoms with Crippen LogP contribution < -0.4 is 0 Å². The van der Waals surface area contributed by atoms with Crippen LogP contribution in [0, 0.1) is 0 Å². The van der Waals surface area contributed by atoms with E-state index in [9.17, 15) is 4.57 Å². The predicted molar refractivity (Wildman–Crippen MR) is 96.5 cm³/mol. The van der Waals surface area contributed by atoms with Crippen LogP contribution in [0.4, 0.5) is 0 Å². The second-order valence-corrected chi connectivity index (χ2v) is 8.08. The van der Waals surface area contributed by atoms with Gasteiger partial charge in [0.05, 0.1) is 0 Å². The summed E-state index contributed by atoms with van der Waals surface area (Å²) in [5.74, 6) is 1.57. The van der Waals surface area contributed by atoms with E-state index in [4.69, 9.17) is 9.05 Å². The van der Waals surface area contributed by atoms with E-state index in [1.807, 2.05) is 6.08 Å². The molecule has 0 aliphatic carbocycles. The molecule has 4 heteroatoms. The van der Waals surface area contributed by atoms with Gasteiger partial charge in [0.25, 0.3) is 0 Å². The number of hydrogen-bond donors (Lipinski definition) is 0. The van der Waals surface area contributed by atoms with Crippen LogP contribution in [0.2, 0.25) is 0 Å². The second kappa shape index (κ2) is 15.8. The van der Waals surface area contributed by atoms with Gasteiger partial charge in [-0.1, -0.05) is 83.6 Å². The zero-order valence-corrected chi connectivity index (χ0v) is 15.9. The molecule has 0 aliphatic rings. The van der Waals surface area contributed by atoms with Crippen molar-refractivity contribution in [3.63, 3.8) is 0 Å². The summed E-state index contributed by atoms with van der Waals surface area (Å²) in [6, 6.07) is 0. The highest BCUT2D eigenvalue weighted by atomic mass is 31.2. The van der Waals surface area contributed by atoms with E-state index < -0.39 is 7.60 Å². The average molecular weight is 332 g/mol. The molecule has 132 valence electrons. The summed E-state index contributed by atoms with van der Waals surface area (Å²) in [4.78, 5) is 0. The molecule has 0 bridgehead atoms. The third-order valence-corrected chi connectivity index (χ3v) is 5.62. The van der Waals surface area contributed by atoms with Gasteiger partial charge in [0.1, 0.15) is 0 Å². The normalized spacial score (nSPS) is 12.3. The number of hydrogen-bond acceptors (Lipinski definition) is 3. The highest BCUT2D eigenvalue weighted by molar-refractivity contribution is 7.57. The Morgan fingerprint density at radius 3 is 1.55 bits per heavy atom. The molecule has 3 nitrogen and oxygen atoms in total. The summed E-state index contributed by atoms with van der Waals surface area (Å²) in [6.45, 7) is 2.27. The van der Waals surface area contributed by atoms with Crippen LogP contribution in [0.5, 0.6) is 0 Å². The SMILES string of the molecule is CCCCCCCCCCCCCCC=CP(=O)(OC)OC. The van der Waals surface area contributed by atoms with Crippen LogP contribution in [-0.2, 0) is 13.6 Å². The zero-order valence-electron chi connectivity index (χ0n) is 15.0. The minimum absolute atomic E-state index is 0.953. The summed E-state index contributed by atoms with van der Waals surface area (Å²) in [6.07, 6.45) is 19.1. The van der Waals surface area contributed by atoms with E-state index in [-0.39, 0.29) is 0 Å². The third-order valence-electron chi connectivity index (χ3n) is 4.02. The average Bonchev–Trinajstić information content (AvgIpc) is 2.55. The van der Waals surface area contributed by atoms with E-state index >= 15 is 0 Å². The first-order chi connectivity index (χ1) is 10.7. The van der Waals surface area contributed by atoms with Crippen LogP contribution in [0.15, 0.2) is 11.9 Å². The second-order valence-electron chi connectivity index (χ2n) is 5.97. The van der Waals surface area contributed by atoms with Crippen LogP contribution in [0.25, 0.3) is 0 Å². The van der Waals surface area contributed by atoms with Gasteiger partial charge in [0.15, 0.2) is 0 Å². The van der Waals surface area contributed by atoms with Crippen molar-refractivity contribution in [1.29, 1.82) is 0 Å². The van der Waals surface area contributed by atoms with Gasteiger partial charge in [-0.3, -0.25) is 4.57 Å². The summed E-state index contributed by atoms with van der Waals surface area (Å²) >= 11 is 0. The van der Waals surface area contributed by atoms with E-state index in [0.717, 1.165) is 12.8 Å². The molecule has 0 radical (unpaired) electrons. The quantitative estimate of drug-likeness (QED) is 0.224. The Labute approximate surface area is 138 Å². The lowest BCUT2D eigenvalue weighted by Gasteiger charge is -2.07. The molecule has 0 fully saturated rings. The molecule has 0 aromatic carbocycles. The fourth-order valence-electron chi connectivity index (χ4n) is 2.50. The maximum Gasteiger partial charge on any atom is 0.353 e. The minimum atomic E-state index is -2.95. The molecule has 0 N–H and O–H groups in total. The van der Waals surface area contributed by atoms with E-state index in [1.54, 1.807) is 5.82 Å². The molecule has 0 spiro atoms. The standard InChI is InChI=1S/C18H37O3P/c1-4-5-6-7-8-9-10-11-12-13-14-15-16-17-18-22(19,20-2)21-3/h17-18H,4-16H2,1-3H3. The molecular formula is C18H37O3P. The van der Waals surface area contributed by atoms with Crippen molar-refractivity contribution in [2.45, 2.75) is 90.4 Å². The molecule has 0 aliphatic heterocycles. The Morgan fingerprint density at radius 1 is 0.727 bits per heavy atom. The highest BCUT2D eigenvalue weighted by Gasteiger charge is 2.14. The van der Waals surface area contributed by atoms with Crippen molar-refractivity contribution in [2.75, 3.05) is 14.2 Å². The lowest BCUT2D eigenvalue weighted by atomic mass is 10.0. The summed E-state index contributed by atoms with van der Waals surface area (Å²) in [5, 5.41) is 0. The van der Waals surface area contributed by atoms with Gasteiger partial charge in [0.2, 0.25) is 0 Å². The van der Waals surface area contributed by atoms with Crippen LogP contribution in [0.1, 0.15) is 90.4 Å². The lowest BCUT2D eigenvalue weighted by molar-refractivity contribution is 0.286. The van der Waals surface area contributed by atoms with Crippen molar-refractivity contribution < 1.29 is 13.6 Å². The van der Waals surface area contributed by atoms with Gasteiger partial charge in [-0.25, -0.2) is 0 Å². The molecule has 22 heavy (non-hydrogen) atoms. The van der Waals surface area contributed by atoms with Gasteiger partial charge in [0, 0.05) is 20.0 Å². The Morgan fingerprint density at radius 2 is 1.14 bits per heavy atom. The van der Waals surface area contributed by atoms with E-state index in [0.29, 0.717) is 0 Å². The molecule has 0 saturated heterocycles. The van der Waals surface area contributed by atoms with Crippen molar-refractivity contribution in [1.82, 2.24) is 0 Å². The minimum Gasteiger partial charge on any atom is -0.309 e. The Hall–Kier alpha value is -0.110. The van der Waals surface area contributed by atoms with Crippen molar-refractivity contribution in [3.05, 3.63) is 11.9 Å². The summed E-state index contributed by atoms with van der Waals surface area (Å²) in [5.41, 5.74) is 0. The maximum atomic E-state index is 11.7. The number of unbranched alkanes of at least 4 members (excludes halogenated alkanes) is 12. The molecule has 0 rings (SSSR count). The molecule has 0 atom stereocenters. The Kier molecular flexibility index (Phi) is 15.7. The number of allylic oxidation sites excluding steroid dienone is 1. The van der Waals surface area contributed by atoms with Crippen molar-refractivity contribution in [3.8, 4) is 0 Å². The van der Waals surface area contributed by atoms with Gasteiger partial charge < -0.3 is 9.05 Å². The third kappa shape index (κ3) is 13.5. The zero-order chi connectivity index (χ0) is 16.5. The van der Waals surface area contributed by atoms with Gasteiger partial charge >= 0.3 is 7.60 Å². The molecule has 0 aromatic rings. The number of rotatable bonds is 16. The van der Waals surface area contributed by atoms with Gasteiger partial charge in [-0.05, 0) is 12.8 Å². The smallest absolute Gasteiger partial charge is 0.309 e. The topological polar surface area (TPSA) is 35.5 Å². The molecule has 0 heterocycles. The largest absolute Gasteiger partial charge is 0.353 e. The molecule has 0 saturated carbocycles. The summed E-state index contributed by atoms with van der Waals surface area (Å²) < 4.78 is 21.4. The van der Waals surface area contributed by atoms with Gasteiger partial charge in [-0.2, -0.15) is 0 Å². The molecule has 0 amide bonds. The molecule has 0 unspecified atom stereocenters. The molecular weight excluding hydrogens is 295 g/mol. The van der Waals surface area contributed by atoms with Crippen LogP contribution >= 0.6 is 7.60 Å². The first kappa shape index (κ1) is 21.9. The fraction of sp³-hybridized carbons (Fsp3) is 0.889. The predicted octanol–water partition coefficient (Wildman–Crippen LogP) is 7.08. The highest BCUT2D eigenvalue weighted by Crippen LogP contribution is 2.47. The monoisotopic (exact) mass is 332 g/mol. The fourth-order valence-corrected chi connectivity index (χ4v) is 3.30. The van der Waals surface area contributed by atoms with E-state index in [2.05, 4.69) is 6.92 Å². The maximum absolute atomic E-state index is 11.7. The van der Waals surface area contributed by atoms with E-state index in [1.165, 1.54) is 84.8 Å². The molecule has 0 aromatic heterocycles. The van der Waals surface area contributed by atoms with Crippen LogP contribution in [0.3, 0.4) is 0 Å². The summed E-state index contributed by atoms with van der Waals surface area (Å²) in [7, 11) is -0.116. The Bertz CT molecular complexity index is 295. The van der Waals surface area contributed by atoms with Gasteiger partial charge in [-0.15, -0.1) is 0 Å². The first-order valence-electron chi connectivity index (χ1n) is 9.07. The van der Waals surface area contributed by atoms with Crippen molar-refractivity contribution >= 4 is 7.60 Å². The first-order valence-corrected chi connectivity index (χ1v) is 10.7. The lowest BCUT2D eigenvalue weighted by Crippen LogP contribution is -1.84.